The van der Waals surface area contributed by atoms with Gasteiger partial charge >= 0.3 is 0 Å². The fourth-order valence-electron chi connectivity index (χ4n) is 2.55. The Kier molecular flexibility index (Phi) is 5.32. The number of rotatable bonds is 4. The molecule has 4 nitrogen and oxygen atoms in total. The van der Waals surface area contributed by atoms with Crippen molar-refractivity contribution >= 4 is 33.0 Å². The van der Waals surface area contributed by atoms with Crippen LogP contribution in [0.3, 0.4) is 0 Å². The molecule has 0 bridgehead atoms. The third-order valence-corrected chi connectivity index (χ3v) is 6.77. The van der Waals surface area contributed by atoms with E-state index in [9.17, 15) is 12.8 Å². The first-order chi connectivity index (χ1) is 12.3. The summed E-state index contributed by atoms with van der Waals surface area (Å²) >= 11 is 7.12. The standard InChI is InChI=1S/C18H16ClFN2O2S2/c1-3-16-17(12-4-8-14(20)9-5-12)22(2)18(25-16)21-26(23,24)15-10-6-13(19)7-11-15/h4-11H,3H2,1-2H3. The molecule has 0 atom stereocenters. The van der Waals surface area contributed by atoms with Crippen LogP contribution in [0.25, 0.3) is 11.3 Å². The smallest absolute Gasteiger partial charge is 0.285 e. The number of aromatic nitrogens is 1. The normalized spacial score (nSPS) is 12.5. The number of benzene rings is 2. The van der Waals surface area contributed by atoms with E-state index in [1.165, 1.54) is 47.7 Å². The Morgan fingerprint density at radius 3 is 2.31 bits per heavy atom. The van der Waals surface area contributed by atoms with Gasteiger partial charge in [0.1, 0.15) is 5.82 Å². The molecule has 0 unspecified atom stereocenters. The first-order valence-electron chi connectivity index (χ1n) is 7.83. The van der Waals surface area contributed by atoms with Crippen LogP contribution in [-0.4, -0.2) is 13.0 Å². The van der Waals surface area contributed by atoms with Crippen LogP contribution >= 0.6 is 22.9 Å². The summed E-state index contributed by atoms with van der Waals surface area (Å²) in [6.07, 6.45) is 0.710. The number of thiazole rings is 1. The van der Waals surface area contributed by atoms with E-state index in [2.05, 4.69) is 4.40 Å². The molecule has 0 fully saturated rings. The molecule has 0 saturated heterocycles. The molecule has 0 aliphatic rings. The van der Waals surface area contributed by atoms with Crippen molar-refractivity contribution in [2.45, 2.75) is 18.2 Å². The molecule has 136 valence electrons. The highest BCUT2D eigenvalue weighted by Gasteiger charge is 2.16. The maximum atomic E-state index is 13.2. The Bertz CT molecular complexity index is 1100. The Morgan fingerprint density at radius 2 is 1.73 bits per heavy atom. The fraction of sp³-hybridized carbons (Fsp3) is 0.167. The number of nitrogens with zero attached hydrogens (tertiary/aromatic N) is 2. The molecular weight excluding hydrogens is 395 g/mol. The summed E-state index contributed by atoms with van der Waals surface area (Å²) in [5.41, 5.74) is 1.65. The summed E-state index contributed by atoms with van der Waals surface area (Å²) in [6.45, 7) is 1.98. The largest absolute Gasteiger partial charge is 0.319 e. The SMILES string of the molecule is CCc1sc(=NS(=O)(=O)c2ccc(Cl)cc2)n(C)c1-c1ccc(F)cc1. The lowest BCUT2D eigenvalue weighted by molar-refractivity contribution is 0.596. The predicted octanol–water partition coefficient (Wildman–Crippen LogP) is 4.40. The second kappa shape index (κ2) is 7.34. The van der Waals surface area contributed by atoms with E-state index in [1.807, 2.05) is 6.92 Å². The lowest BCUT2D eigenvalue weighted by atomic mass is 10.1. The zero-order chi connectivity index (χ0) is 18.9. The van der Waals surface area contributed by atoms with Crippen LogP contribution in [0, 0.1) is 5.82 Å². The van der Waals surface area contributed by atoms with Crippen molar-refractivity contribution in [2.24, 2.45) is 11.4 Å². The van der Waals surface area contributed by atoms with E-state index in [1.54, 1.807) is 23.7 Å². The van der Waals surface area contributed by atoms with Gasteiger partial charge < -0.3 is 4.57 Å². The van der Waals surface area contributed by atoms with Gasteiger partial charge in [0.25, 0.3) is 10.0 Å². The van der Waals surface area contributed by atoms with Gasteiger partial charge in [-0.2, -0.15) is 8.42 Å². The van der Waals surface area contributed by atoms with Crippen molar-refractivity contribution in [1.82, 2.24) is 4.57 Å². The average molecular weight is 411 g/mol. The van der Waals surface area contributed by atoms with Crippen molar-refractivity contribution in [2.75, 3.05) is 0 Å². The first kappa shape index (κ1) is 18.8. The maximum absolute atomic E-state index is 13.2. The molecule has 0 saturated carbocycles. The van der Waals surface area contributed by atoms with E-state index in [0.29, 0.717) is 16.2 Å². The molecule has 0 radical (unpaired) electrons. The van der Waals surface area contributed by atoms with Gasteiger partial charge in [0.2, 0.25) is 4.80 Å². The lowest BCUT2D eigenvalue weighted by Gasteiger charge is -2.06. The van der Waals surface area contributed by atoms with Crippen LogP contribution in [0.5, 0.6) is 0 Å². The zero-order valence-corrected chi connectivity index (χ0v) is 16.5. The summed E-state index contributed by atoms with van der Waals surface area (Å²) in [6, 6.07) is 12.0. The second-order valence-electron chi connectivity index (χ2n) is 5.60. The van der Waals surface area contributed by atoms with Crippen LogP contribution in [0.1, 0.15) is 11.8 Å². The summed E-state index contributed by atoms with van der Waals surface area (Å²) in [4.78, 5) is 1.41. The summed E-state index contributed by atoms with van der Waals surface area (Å²) in [5.74, 6) is -0.320. The van der Waals surface area contributed by atoms with Crippen LogP contribution < -0.4 is 4.80 Å². The molecule has 0 spiro atoms. The Hall–Kier alpha value is -1.96. The quantitative estimate of drug-likeness (QED) is 0.640. The molecule has 3 rings (SSSR count). The van der Waals surface area contributed by atoms with Gasteiger partial charge in [-0.3, -0.25) is 0 Å². The number of sulfonamides is 1. The summed E-state index contributed by atoms with van der Waals surface area (Å²) in [5, 5.41) is 0.456. The molecule has 0 aliphatic carbocycles. The Labute approximate surface area is 160 Å². The average Bonchev–Trinajstić information content (AvgIpc) is 2.91. The lowest BCUT2D eigenvalue weighted by Crippen LogP contribution is -2.14. The van der Waals surface area contributed by atoms with Crippen molar-refractivity contribution < 1.29 is 12.8 Å². The van der Waals surface area contributed by atoms with Crippen molar-refractivity contribution in [3.63, 3.8) is 0 Å². The van der Waals surface area contributed by atoms with E-state index in [4.69, 9.17) is 11.6 Å². The van der Waals surface area contributed by atoms with E-state index >= 15 is 0 Å². The number of halogens is 2. The third kappa shape index (κ3) is 3.75. The van der Waals surface area contributed by atoms with Crippen LogP contribution in [0.4, 0.5) is 4.39 Å². The van der Waals surface area contributed by atoms with Gasteiger partial charge in [-0.25, -0.2) is 4.39 Å². The molecule has 1 heterocycles. The van der Waals surface area contributed by atoms with E-state index < -0.39 is 10.0 Å². The highest BCUT2D eigenvalue weighted by molar-refractivity contribution is 7.90. The topological polar surface area (TPSA) is 51.4 Å². The minimum Gasteiger partial charge on any atom is -0.319 e. The molecule has 3 aromatic rings. The summed E-state index contributed by atoms with van der Waals surface area (Å²) < 4.78 is 44.1. The first-order valence-corrected chi connectivity index (χ1v) is 10.5. The molecule has 1 aromatic heterocycles. The van der Waals surface area contributed by atoms with E-state index in [0.717, 1.165) is 16.1 Å². The minimum absolute atomic E-state index is 0.0803. The molecule has 0 amide bonds. The van der Waals surface area contributed by atoms with Gasteiger partial charge in [-0.05, 0) is 60.5 Å². The van der Waals surface area contributed by atoms with Crippen molar-refractivity contribution in [3.8, 4) is 11.3 Å². The molecular formula is C18H16ClFN2O2S2. The van der Waals surface area contributed by atoms with Gasteiger partial charge in [0, 0.05) is 16.9 Å². The minimum atomic E-state index is -3.86. The number of aryl methyl sites for hydroxylation is 1. The molecule has 0 N–H and O–H groups in total. The molecule has 2 aromatic carbocycles. The van der Waals surface area contributed by atoms with E-state index in [-0.39, 0.29) is 10.7 Å². The maximum Gasteiger partial charge on any atom is 0.285 e. The fourth-order valence-corrected chi connectivity index (χ4v) is 4.98. The molecule has 8 heteroatoms. The Balaban J connectivity index is 2.15. The number of hydrogen-bond acceptors (Lipinski definition) is 3. The summed E-state index contributed by atoms with van der Waals surface area (Å²) in [7, 11) is -2.10. The second-order valence-corrected chi connectivity index (χ2v) is 8.70. The zero-order valence-electron chi connectivity index (χ0n) is 14.1. The molecule has 26 heavy (non-hydrogen) atoms. The monoisotopic (exact) mass is 410 g/mol. The number of hydrogen-bond donors (Lipinski definition) is 0. The Morgan fingerprint density at radius 1 is 1.12 bits per heavy atom. The van der Waals surface area contributed by atoms with Gasteiger partial charge in [0.15, 0.2) is 0 Å². The van der Waals surface area contributed by atoms with Crippen LogP contribution in [0.2, 0.25) is 5.02 Å². The van der Waals surface area contributed by atoms with Crippen molar-refractivity contribution in [1.29, 1.82) is 0 Å². The predicted molar refractivity (Wildman–Crippen MR) is 102 cm³/mol. The van der Waals surface area contributed by atoms with Gasteiger partial charge in [-0.15, -0.1) is 15.7 Å². The van der Waals surface area contributed by atoms with Crippen molar-refractivity contribution in [3.05, 3.63) is 69.0 Å². The van der Waals surface area contributed by atoms with Crippen LogP contribution in [0.15, 0.2) is 57.8 Å². The molecule has 0 aliphatic heterocycles. The highest BCUT2D eigenvalue weighted by Crippen LogP contribution is 2.26. The third-order valence-electron chi connectivity index (χ3n) is 3.85. The highest BCUT2D eigenvalue weighted by atomic mass is 35.5. The van der Waals surface area contributed by atoms with Crippen LogP contribution in [-0.2, 0) is 23.5 Å². The van der Waals surface area contributed by atoms with Gasteiger partial charge in [-0.1, -0.05) is 18.5 Å². The van der Waals surface area contributed by atoms with Gasteiger partial charge in [0.05, 0.1) is 10.6 Å².